The van der Waals surface area contributed by atoms with Crippen LogP contribution in [0.5, 0.6) is 0 Å². The summed E-state index contributed by atoms with van der Waals surface area (Å²) in [5.74, 6) is 3.58. The summed E-state index contributed by atoms with van der Waals surface area (Å²) in [4.78, 5) is 18.1. The number of rotatable bonds is 0. The zero-order valence-electron chi connectivity index (χ0n) is 21.4. The van der Waals surface area contributed by atoms with Crippen LogP contribution in [0.1, 0.15) is 83.1 Å². The van der Waals surface area contributed by atoms with Gasteiger partial charge in [0.05, 0.1) is 22.2 Å². The van der Waals surface area contributed by atoms with Gasteiger partial charge in [0.15, 0.2) is 0 Å². The summed E-state index contributed by atoms with van der Waals surface area (Å²) in [5.41, 5.74) is -0.207. The van der Waals surface area contributed by atoms with Crippen LogP contribution in [-0.4, -0.2) is 45.5 Å². The summed E-state index contributed by atoms with van der Waals surface area (Å²) in [7, 11) is 0. The zero-order chi connectivity index (χ0) is 23.4. The predicted octanol–water partition coefficient (Wildman–Crippen LogP) is 5.08. The van der Waals surface area contributed by atoms with Crippen molar-refractivity contribution in [1.29, 1.82) is 0 Å². The number of hydrogen-bond acceptors (Lipinski definition) is 4. The van der Waals surface area contributed by atoms with Crippen LogP contribution in [0.2, 0.25) is 0 Å². The average molecular weight is 473 g/mol. The molecule has 0 unspecified atom stereocenters. The molecule has 2 rings (SSSR count). The van der Waals surface area contributed by atoms with Gasteiger partial charge in [-0.05, 0) is 107 Å². The Morgan fingerprint density at radius 1 is 0.419 bits per heavy atom. The number of hydrogen-bond donors (Lipinski definition) is 2. The van der Waals surface area contributed by atoms with Gasteiger partial charge in [-0.1, -0.05) is 0 Å². The maximum absolute atomic E-state index is 4.53. The number of nitrogens with zero attached hydrogens (tertiary/aromatic N) is 4. The Morgan fingerprint density at radius 3 is 0.710 bits per heavy atom. The molecule has 0 amide bonds. The largest absolute Gasteiger partial charge is 0.326 e. The molecule has 2 aliphatic heterocycles. The SMILES string of the molecule is CC(C)(C)N=C1C=CC(=NC(C)(C)C)N1.CC(C)(C)N=C1C=CC(=NC(C)(C)C)N1.[Ni]. The molecule has 0 aromatic heterocycles. The molecule has 31 heavy (non-hydrogen) atoms. The third-order valence-electron chi connectivity index (χ3n) is 3.13. The summed E-state index contributed by atoms with van der Waals surface area (Å²) >= 11 is 0. The van der Waals surface area contributed by atoms with Crippen molar-refractivity contribution in [3.8, 4) is 0 Å². The second-order valence-electron chi connectivity index (χ2n) is 11.6. The first kappa shape index (κ1) is 29.3. The molecule has 7 heteroatoms. The van der Waals surface area contributed by atoms with Crippen molar-refractivity contribution in [3.63, 3.8) is 0 Å². The number of aliphatic imine (C=N–C) groups is 4. The van der Waals surface area contributed by atoms with E-state index >= 15 is 0 Å². The minimum atomic E-state index is -0.0517. The van der Waals surface area contributed by atoms with Crippen LogP contribution in [0.4, 0.5) is 0 Å². The smallest absolute Gasteiger partial charge is 0.127 e. The first-order chi connectivity index (χ1) is 13.3. The van der Waals surface area contributed by atoms with Crippen LogP contribution >= 0.6 is 0 Å². The third-order valence-corrected chi connectivity index (χ3v) is 3.13. The summed E-state index contributed by atoms with van der Waals surface area (Å²) in [5, 5.41) is 6.39. The molecule has 0 saturated heterocycles. The van der Waals surface area contributed by atoms with Crippen molar-refractivity contribution >= 4 is 23.3 Å². The van der Waals surface area contributed by atoms with Gasteiger partial charge in [0, 0.05) is 16.5 Å². The Hall–Kier alpha value is -1.75. The Kier molecular flexibility index (Phi) is 10.1. The molecular formula is C24H42N6Ni. The fraction of sp³-hybridized carbons (Fsp3) is 0.667. The fourth-order valence-electron chi connectivity index (χ4n) is 2.45. The minimum absolute atomic E-state index is 0. The van der Waals surface area contributed by atoms with E-state index < -0.39 is 0 Å². The van der Waals surface area contributed by atoms with E-state index in [4.69, 9.17) is 0 Å². The summed E-state index contributed by atoms with van der Waals surface area (Å²) in [6, 6.07) is 0. The van der Waals surface area contributed by atoms with Crippen molar-refractivity contribution in [3.05, 3.63) is 24.3 Å². The van der Waals surface area contributed by atoms with Gasteiger partial charge in [-0.2, -0.15) is 0 Å². The van der Waals surface area contributed by atoms with Crippen molar-refractivity contribution < 1.29 is 16.5 Å². The topological polar surface area (TPSA) is 73.5 Å². The molecular weight excluding hydrogens is 431 g/mol. The molecule has 0 atom stereocenters. The molecule has 0 radical (unpaired) electrons. The van der Waals surface area contributed by atoms with Crippen LogP contribution in [-0.2, 0) is 16.5 Å². The molecule has 6 nitrogen and oxygen atoms in total. The first-order valence-corrected chi connectivity index (χ1v) is 10.6. The van der Waals surface area contributed by atoms with E-state index in [0.29, 0.717) is 0 Å². The van der Waals surface area contributed by atoms with Gasteiger partial charge in [0.2, 0.25) is 0 Å². The molecule has 0 spiro atoms. The molecule has 0 aromatic carbocycles. The quantitative estimate of drug-likeness (QED) is 0.482. The van der Waals surface area contributed by atoms with Crippen molar-refractivity contribution in [2.75, 3.05) is 0 Å². The van der Waals surface area contributed by atoms with Gasteiger partial charge >= 0.3 is 0 Å². The molecule has 0 saturated carbocycles. The molecule has 0 bridgehead atoms. The summed E-state index contributed by atoms with van der Waals surface area (Å²) in [6.07, 6.45) is 7.87. The minimum Gasteiger partial charge on any atom is -0.326 e. The van der Waals surface area contributed by atoms with Gasteiger partial charge in [0.25, 0.3) is 0 Å². The first-order valence-electron chi connectivity index (χ1n) is 10.6. The maximum Gasteiger partial charge on any atom is 0.127 e. The Morgan fingerprint density at radius 2 is 0.581 bits per heavy atom. The second-order valence-corrected chi connectivity index (χ2v) is 11.6. The van der Waals surface area contributed by atoms with E-state index in [0.717, 1.165) is 23.3 Å². The fourth-order valence-corrected chi connectivity index (χ4v) is 2.45. The van der Waals surface area contributed by atoms with Crippen LogP contribution in [0.15, 0.2) is 44.3 Å². The molecule has 0 fully saturated rings. The predicted molar refractivity (Wildman–Crippen MR) is 133 cm³/mol. The van der Waals surface area contributed by atoms with Crippen molar-refractivity contribution in [1.82, 2.24) is 10.6 Å². The molecule has 2 N–H and O–H groups in total. The third kappa shape index (κ3) is 14.8. The second kappa shape index (κ2) is 10.7. The molecule has 2 heterocycles. The van der Waals surface area contributed by atoms with Crippen LogP contribution in [0.3, 0.4) is 0 Å². The van der Waals surface area contributed by atoms with E-state index in [1.807, 2.05) is 24.3 Å². The van der Waals surface area contributed by atoms with Crippen molar-refractivity contribution in [2.45, 2.75) is 105 Å². The Bertz CT molecular complexity index is 654. The average Bonchev–Trinajstić information content (AvgIpc) is 3.02. The molecule has 0 aliphatic carbocycles. The Balaban J connectivity index is 0.000000562. The van der Waals surface area contributed by atoms with Crippen molar-refractivity contribution in [2.24, 2.45) is 20.0 Å². The van der Waals surface area contributed by atoms with E-state index in [1.165, 1.54) is 0 Å². The van der Waals surface area contributed by atoms with Crippen LogP contribution < -0.4 is 10.6 Å². The van der Waals surface area contributed by atoms with Gasteiger partial charge in [0.1, 0.15) is 23.3 Å². The van der Waals surface area contributed by atoms with E-state index in [-0.39, 0.29) is 38.6 Å². The van der Waals surface area contributed by atoms with Gasteiger partial charge in [-0.3, -0.25) is 20.0 Å². The van der Waals surface area contributed by atoms with Gasteiger partial charge < -0.3 is 10.6 Å². The zero-order valence-corrected chi connectivity index (χ0v) is 22.4. The van der Waals surface area contributed by atoms with E-state index in [2.05, 4.69) is 114 Å². The molecule has 178 valence electrons. The normalized spacial score (nSPS) is 21.8. The molecule has 2 aliphatic rings. The number of nitrogens with one attached hydrogen (secondary N) is 2. The van der Waals surface area contributed by atoms with E-state index in [1.54, 1.807) is 0 Å². The monoisotopic (exact) mass is 472 g/mol. The Labute approximate surface area is 199 Å². The van der Waals surface area contributed by atoms with Gasteiger partial charge in [-0.25, -0.2) is 0 Å². The summed E-state index contributed by atoms with van der Waals surface area (Å²) < 4.78 is 0. The molecule has 0 aromatic rings. The van der Waals surface area contributed by atoms with Gasteiger partial charge in [-0.15, -0.1) is 0 Å². The van der Waals surface area contributed by atoms with Crippen LogP contribution in [0.25, 0.3) is 0 Å². The van der Waals surface area contributed by atoms with Crippen LogP contribution in [0, 0.1) is 0 Å². The van der Waals surface area contributed by atoms with E-state index in [9.17, 15) is 0 Å². The standard InChI is InChI=1S/2C12H21N3.Ni/c2*1-11(2,3)14-9-7-8-10(13-9)15-12(4,5)6;/h2*7-8H,1-6H3,(H,13,14,15);. The number of amidine groups is 4. The summed E-state index contributed by atoms with van der Waals surface area (Å²) in [6.45, 7) is 24.9. The maximum atomic E-state index is 4.53.